The van der Waals surface area contributed by atoms with Crippen molar-refractivity contribution >= 4 is 35.8 Å². The number of hydrogen-bond acceptors (Lipinski definition) is 7. The molecule has 30 heavy (non-hydrogen) atoms. The van der Waals surface area contributed by atoms with Gasteiger partial charge in [-0.25, -0.2) is 4.98 Å². The van der Waals surface area contributed by atoms with Crippen LogP contribution in [0.2, 0.25) is 0 Å². The van der Waals surface area contributed by atoms with Crippen molar-refractivity contribution in [3.8, 4) is 5.69 Å². The van der Waals surface area contributed by atoms with Crippen molar-refractivity contribution in [1.29, 1.82) is 0 Å². The van der Waals surface area contributed by atoms with Gasteiger partial charge in [-0.15, -0.1) is 12.4 Å². The molecule has 0 saturated heterocycles. The molecule has 0 aliphatic rings. The lowest BCUT2D eigenvalue weighted by molar-refractivity contribution is -0.385. The molecule has 0 bridgehead atoms. The molecule has 11 heteroatoms. The van der Waals surface area contributed by atoms with E-state index in [0.29, 0.717) is 5.82 Å². The van der Waals surface area contributed by atoms with Gasteiger partial charge in [0.05, 0.1) is 16.1 Å². The molecule has 0 spiro atoms. The summed E-state index contributed by atoms with van der Waals surface area (Å²) in [5.74, 6) is 0.381. The molecular weight excluding hydrogens is 412 g/mol. The Hall–Kier alpha value is -3.79. The van der Waals surface area contributed by atoms with E-state index in [9.17, 15) is 20.2 Å². The Morgan fingerprint density at radius 3 is 2.27 bits per heavy atom. The number of nitro benzene ring substituents is 1. The van der Waals surface area contributed by atoms with E-state index in [1.54, 1.807) is 18.3 Å². The second kappa shape index (κ2) is 9.14. The molecule has 0 saturated carbocycles. The molecule has 0 atom stereocenters. The molecule has 156 valence electrons. The van der Waals surface area contributed by atoms with Gasteiger partial charge in [0, 0.05) is 40.8 Å². The van der Waals surface area contributed by atoms with Gasteiger partial charge in [0.15, 0.2) is 0 Å². The third-order valence-corrected chi connectivity index (χ3v) is 4.44. The first kappa shape index (κ1) is 22.5. The summed E-state index contributed by atoms with van der Waals surface area (Å²) in [6.07, 6.45) is 2.78. The minimum Gasteiger partial charge on any atom is -0.318 e. The van der Waals surface area contributed by atoms with Gasteiger partial charge >= 0.3 is 0 Å². The van der Waals surface area contributed by atoms with Gasteiger partial charge in [0.1, 0.15) is 12.0 Å². The topological polar surface area (TPSA) is 128 Å². The second-order valence-electron chi connectivity index (χ2n) is 6.42. The Morgan fingerprint density at radius 1 is 1.03 bits per heavy atom. The fourth-order valence-corrected chi connectivity index (χ4v) is 3.02. The molecule has 2 aromatic heterocycles. The van der Waals surface area contributed by atoms with Crippen molar-refractivity contribution in [1.82, 2.24) is 9.55 Å². The van der Waals surface area contributed by atoms with E-state index in [1.165, 1.54) is 18.2 Å². The van der Waals surface area contributed by atoms with Crippen LogP contribution in [0.15, 0.2) is 47.7 Å². The summed E-state index contributed by atoms with van der Waals surface area (Å²) in [6.45, 7) is 5.70. The first-order valence-corrected chi connectivity index (χ1v) is 8.62. The highest BCUT2D eigenvalue weighted by Crippen LogP contribution is 2.25. The van der Waals surface area contributed by atoms with Crippen LogP contribution >= 0.6 is 12.4 Å². The van der Waals surface area contributed by atoms with E-state index < -0.39 is 9.85 Å². The monoisotopic (exact) mass is 430 g/mol. The molecule has 0 unspecified atom stereocenters. The Balaban J connectivity index is 0.00000320. The molecule has 3 rings (SSSR count). The Bertz CT molecular complexity index is 1120. The SMILES string of the molecule is Cc1cc([N+](=O)[O-])ccc1-n1c(C)cc(C=NNc2ccc([N+](=O)[O-])cn2)c1C.Cl. The zero-order valence-electron chi connectivity index (χ0n) is 16.4. The van der Waals surface area contributed by atoms with E-state index in [2.05, 4.69) is 15.5 Å². The maximum absolute atomic E-state index is 11.0. The number of anilines is 1. The van der Waals surface area contributed by atoms with Gasteiger partial charge in [0.2, 0.25) is 0 Å². The van der Waals surface area contributed by atoms with Crippen molar-refractivity contribution in [2.75, 3.05) is 5.43 Å². The number of non-ortho nitro benzene ring substituents is 1. The molecule has 2 heterocycles. The maximum atomic E-state index is 11.0. The van der Waals surface area contributed by atoms with Crippen LogP contribution in [0.4, 0.5) is 17.2 Å². The van der Waals surface area contributed by atoms with Crippen LogP contribution in [0.1, 0.15) is 22.5 Å². The summed E-state index contributed by atoms with van der Waals surface area (Å²) >= 11 is 0. The Morgan fingerprint density at radius 2 is 1.70 bits per heavy atom. The van der Waals surface area contributed by atoms with Gasteiger partial charge in [-0.05, 0) is 44.5 Å². The highest BCUT2D eigenvalue weighted by atomic mass is 35.5. The fourth-order valence-electron chi connectivity index (χ4n) is 3.02. The number of hydrogen-bond donors (Lipinski definition) is 1. The molecule has 1 N–H and O–H groups in total. The summed E-state index contributed by atoms with van der Waals surface area (Å²) in [5, 5.41) is 25.8. The van der Waals surface area contributed by atoms with Crippen LogP contribution in [0, 0.1) is 41.0 Å². The first-order valence-electron chi connectivity index (χ1n) is 8.62. The van der Waals surface area contributed by atoms with Gasteiger partial charge in [-0.1, -0.05) is 0 Å². The number of pyridine rings is 1. The maximum Gasteiger partial charge on any atom is 0.287 e. The molecule has 0 aliphatic carbocycles. The number of hydrazone groups is 1. The van der Waals surface area contributed by atoms with Crippen LogP contribution in [-0.2, 0) is 0 Å². The van der Waals surface area contributed by atoms with Crippen LogP contribution < -0.4 is 5.43 Å². The average molecular weight is 431 g/mol. The number of halogens is 1. The lowest BCUT2D eigenvalue weighted by atomic mass is 10.1. The predicted molar refractivity (Wildman–Crippen MR) is 116 cm³/mol. The van der Waals surface area contributed by atoms with Crippen molar-refractivity contribution < 1.29 is 9.85 Å². The lowest BCUT2D eigenvalue weighted by Crippen LogP contribution is -2.03. The number of rotatable bonds is 6. The number of aryl methyl sites for hydroxylation is 2. The lowest BCUT2D eigenvalue weighted by Gasteiger charge is -2.12. The molecule has 1 aromatic carbocycles. The zero-order chi connectivity index (χ0) is 21.1. The Labute approximate surface area is 178 Å². The number of aromatic nitrogens is 2. The summed E-state index contributed by atoms with van der Waals surface area (Å²) in [5.41, 5.74) is 7.07. The average Bonchev–Trinajstić information content (AvgIpc) is 2.95. The van der Waals surface area contributed by atoms with Crippen molar-refractivity contribution in [2.24, 2.45) is 5.10 Å². The number of nitrogens with one attached hydrogen (secondary N) is 1. The van der Waals surface area contributed by atoms with E-state index >= 15 is 0 Å². The highest BCUT2D eigenvalue weighted by molar-refractivity contribution is 5.85. The van der Waals surface area contributed by atoms with Gasteiger partial charge in [-0.2, -0.15) is 5.10 Å². The summed E-state index contributed by atoms with van der Waals surface area (Å²) in [7, 11) is 0. The van der Waals surface area contributed by atoms with Gasteiger partial charge in [0.25, 0.3) is 11.4 Å². The summed E-state index contributed by atoms with van der Waals surface area (Å²) in [6, 6.07) is 9.52. The van der Waals surface area contributed by atoms with Crippen LogP contribution in [-0.4, -0.2) is 25.6 Å². The van der Waals surface area contributed by atoms with Gasteiger partial charge < -0.3 is 4.57 Å². The van der Waals surface area contributed by atoms with Crippen molar-refractivity contribution in [2.45, 2.75) is 20.8 Å². The Kier molecular flexibility index (Phi) is 6.85. The van der Waals surface area contributed by atoms with Crippen molar-refractivity contribution in [3.63, 3.8) is 0 Å². The normalized spacial score (nSPS) is 10.6. The fraction of sp³-hybridized carbons (Fsp3) is 0.158. The van der Waals surface area contributed by atoms with Crippen LogP contribution in [0.5, 0.6) is 0 Å². The predicted octanol–water partition coefficient (Wildman–Crippen LogP) is 4.48. The molecule has 0 fully saturated rings. The van der Waals surface area contributed by atoms with Crippen molar-refractivity contribution in [3.05, 3.63) is 85.3 Å². The van der Waals surface area contributed by atoms with E-state index in [-0.39, 0.29) is 23.8 Å². The van der Waals surface area contributed by atoms with Crippen LogP contribution in [0.3, 0.4) is 0 Å². The quantitative estimate of drug-likeness (QED) is 0.348. The smallest absolute Gasteiger partial charge is 0.287 e. The zero-order valence-corrected chi connectivity index (χ0v) is 17.2. The molecule has 0 aliphatic heterocycles. The minimum absolute atomic E-state index is 0. The summed E-state index contributed by atoms with van der Waals surface area (Å²) in [4.78, 5) is 24.6. The third-order valence-electron chi connectivity index (χ3n) is 4.44. The number of benzene rings is 1. The molecule has 0 radical (unpaired) electrons. The minimum atomic E-state index is -0.519. The standard InChI is InChI=1S/C19H18N6O4.ClH/c1-12-8-16(24(26)27)4-6-18(12)23-13(2)9-15(14(23)3)10-21-22-19-7-5-17(11-20-19)25(28)29;/h4-11H,1-3H3,(H,20,22);1H. The number of nitrogens with zero attached hydrogens (tertiary/aromatic N) is 5. The second-order valence-corrected chi connectivity index (χ2v) is 6.42. The highest BCUT2D eigenvalue weighted by Gasteiger charge is 2.14. The summed E-state index contributed by atoms with van der Waals surface area (Å²) < 4.78 is 2.00. The first-order chi connectivity index (χ1) is 13.8. The van der Waals surface area contributed by atoms with E-state index in [4.69, 9.17) is 0 Å². The molecular formula is C19H19ClN6O4. The van der Waals surface area contributed by atoms with Gasteiger partial charge in [-0.3, -0.25) is 25.7 Å². The largest absolute Gasteiger partial charge is 0.318 e. The molecule has 10 nitrogen and oxygen atoms in total. The number of nitro groups is 2. The third kappa shape index (κ3) is 4.61. The van der Waals surface area contributed by atoms with Crippen LogP contribution in [0.25, 0.3) is 5.69 Å². The molecule has 0 amide bonds. The van der Waals surface area contributed by atoms with E-state index in [0.717, 1.165) is 34.4 Å². The molecule has 3 aromatic rings. The van der Waals surface area contributed by atoms with E-state index in [1.807, 2.05) is 31.4 Å².